The van der Waals surface area contributed by atoms with E-state index in [0.29, 0.717) is 5.82 Å². The normalized spacial score (nSPS) is 11.6. The number of carbonyl (C=O) groups is 1. The van der Waals surface area contributed by atoms with Crippen LogP contribution in [-0.2, 0) is 0 Å². The van der Waals surface area contributed by atoms with E-state index in [9.17, 15) is 9.18 Å². The highest BCUT2D eigenvalue weighted by Crippen LogP contribution is 2.18. The third-order valence-electron chi connectivity index (χ3n) is 3.68. The number of anilines is 2. The van der Waals surface area contributed by atoms with Crippen LogP contribution in [0.25, 0.3) is 0 Å². The highest BCUT2D eigenvalue weighted by Gasteiger charge is 2.13. The molecular weight excluding hydrogens is 319 g/mol. The second kappa shape index (κ2) is 7.53. The highest BCUT2D eigenvalue weighted by molar-refractivity contribution is 5.93. The molecule has 6 heteroatoms. The molecule has 0 aliphatic heterocycles. The van der Waals surface area contributed by atoms with Gasteiger partial charge in [0.15, 0.2) is 0 Å². The van der Waals surface area contributed by atoms with Crippen LogP contribution in [0, 0.1) is 5.82 Å². The molecule has 3 rings (SSSR count). The lowest BCUT2D eigenvalue weighted by Gasteiger charge is -2.14. The summed E-state index contributed by atoms with van der Waals surface area (Å²) < 4.78 is 13.7. The molecule has 0 fully saturated rings. The van der Waals surface area contributed by atoms with Gasteiger partial charge in [0.1, 0.15) is 23.7 Å². The number of aromatic nitrogens is 2. The molecule has 25 heavy (non-hydrogen) atoms. The summed E-state index contributed by atoms with van der Waals surface area (Å²) >= 11 is 0. The molecule has 126 valence electrons. The van der Waals surface area contributed by atoms with Gasteiger partial charge in [-0.25, -0.2) is 14.4 Å². The van der Waals surface area contributed by atoms with Gasteiger partial charge in [0.2, 0.25) is 0 Å². The topological polar surface area (TPSA) is 66.9 Å². The molecule has 0 bridgehead atoms. The Morgan fingerprint density at radius 3 is 2.52 bits per heavy atom. The number of nitrogens with one attached hydrogen (secondary N) is 2. The largest absolute Gasteiger partial charge is 0.344 e. The Balaban J connectivity index is 1.72. The van der Waals surface area contributed by atoms with E-state index in [1.54, 1.807) is 18.2 Å². The predicted octanol–water partition coefficient (Wildman–Crippen LogP) is 3.85. The summed E-state index contributed by atoms with van der Waals surface area (Å²) in [6.07, 6.45) is 1.27. The lowest BCUT2D eigenvalue weighted by atomic mass is 10.1. The molecule has 1 atom stereocenters. The van der Waals surface area contributed by atoms with Crippen molar-refractivity contribution >= 4 is 17.4 Å². The number of rotatable bonds is 5. The fraction of sp³-hybridized carbons (Fsp3) is 0.105. The highest BCUT2D eigenvalue weighted by atomic mass is 19.1. The molecule has 1 aromatic heterocycles. The number of amides is 1. The Hall–Kier alpha value is -3.28. The van der Waals surface area contributed by atoms with Crippen LogP contribution in [0.5, 0.6) is 0 Å². The fourth-order valence-electron chi connectivity index (χ4n) is 2.35. The number of para-hydroxylation sites is 1. The van der Waals surface area contributed by atoms with Crippen molar-refractivity contribution in [1.82, 2.24) is 15.3 Å². The summed E-state index contributed by atoms with van der Waals surface area (Å²) in [5.74, 6) is -0.377. The second-order valence-electron chi connectivity index (χ2n) is 5.50. The van der Waals surface area contributed by atoms with E-state index in [4.69, 9.17) is 0 Å². The zero-order valence-corrected chi connectivity index (χ0v) is 13.6. The zero-order valence-electron chi connectivity index (χ0n) is 13.6. The number of hydrogen-bond acceptors (Lipinski definition) is 4. The third-order valence-corrected chi connectivity index (χ3v) is 3.68. The van der Waals surface area contributed by atoms with Crippen molar-refractivity contribution in [2.24, 2.45) is 0 Å². The predicted molar refractivity (Wildman–Crippen MR) is 94.0 cm³/mol. The molecule has 1 amide bonds. The first-order valence-corrected chi connectivity index (χ1v) is 7.83. The van der Waals surface area contributed by atoms with E-state index in [1.807, 2.05) is 37.3 Å². The van der Waals surface area contributed by atoms with Crippen LogP contribution >= 0.6 is 0 Å². The van der Waals surface area contributed by atoms with Crippen LogP contribution in [-0.4, -0.2) is 15.9 Å². The molecule has 0 spiro atoms. The summed E-state index contributed by atoms with van der Waals surface area (Å²) in [5.41, 5.74) is 1.48. The first kappa shape index (κ1) is 16.6. The summed E-state index contributed by atoms with van der Waals surface area (Å²) in [6, 6.07) is 17.2. The minimum atomic E-state index is -0.398. The van der Waals surface area contributed by atoms with Gasteiger partial charge in [-0.2, -0.15) is 0 Å². The van der Waals surface area contributed by atoms with Crippen molar-refractivity contribution in [1.29, 1.82) is 0 Å². The molecule has 0 radical (unpaired) electrons. The number of carbonyl (C=O) groups excluding carboxylic acids is 1. The van der Waals surface area contributed by atoms with Crippen LogP contribution in [0.1, 0.15) is 29.0 Å². The molecule has 5 nitrogen and oxygen atoms in total. The Morgan fingerprint density at radius 1 is 1.04 bits per heavy atom. The van der Waals surface area contributed by atoms with Gasteiger partial charge in [0, 0.05) is 6.07 Å². The number of nitrogens with zero attached hydrogens (tertiary/aromatic N) is 2. The Morgan fingerprint density at radius 2 is 1.76 bits per heavy atom. The molecule has 1 heterocycles. The zero-order chi connectivity index (χ0) is 17.6. The lowest BCUT2D eigenvalue weighted by molar-refractivity contribution is 0.0934. The van der Waals surface area contributed by atoms with Gasteiger partial charge in [-0.3, -0.25) is 4.79 Å². The minimum absolute atomic E-state index is 0.161. The number of halogens is 1. The fourth-order valence-corrected chi connectivity index (χ4v) is 2.35. The molecule has 0 aliphatic carbocycles. The standard InChI is InChI=1S/C19H17FN4O/c1-13(14-7-3-2-4-8-14)23-19(25)17-11-18(22-12-21-17)24-16-10-6-5-9-15(16)20/h2-13H,1H3,(H,23,25)(H,21,22,24). The van der Waals surface area contributed by atoms with Crippen LogP contribution < -0.4 is 10.6 Å². The number of benzene rings is 2. The Bertz CT molecular complexity index is 870. The Kier molecular flexibility index (Phi) is 4.99. The molecule has 1 unspecified atom stereocenters. The van der Waals surface area contributed by atoms with E-state index in [0.717, 1.165) is 5.56 Å². The monoisotopic (exact) mass is 336 g/mol. The maximum Gasteiger partial charge on any atom is 0.270 e. The van der Waals surface area contributed by atoms with Crippen molar-refractivity contribution in [3.05, 3.63) is 84.1 Å². The average molecular weight is 336 g/mol. The van der Waals surface area contributed by atoms with Gasteiger partial charge in [-0.05, 0) is 24.6 Å². The SMILES string of the molecule is CC(NC(=O)c1cc(Nc2ccccc2F)ncn1)c1ccccc1. The Labute approximate surface area is 145 Å². The smallest absolute Gasteiger partial charge is 0.270 e. The van der Waals surface area contributed by atoms with Crippen LogP contribution in [0.3, 0.4) is 0 Å². The van der Waals surface area contributed by atoms with Gasteiger partial charge >= 0.3 is 0 Å². The van der Waals surface area contributed by atoms with E-state index in [-0.39, 0.29) is 23.3 Å². The van der Waals surface area contributed by atoms with Crippen molar-refractivity contribution < 1.29 is 9.18 Å². The van der Waals surface area contributed by atoms with Gasteiger partial charge in [0.05, 0.1) is 11.7 Å². The average Bonchev–Trinajstić information content (AvgIpc) is 2.64. The quantitative estimate of drug-likeness (QED) is 0.743. The van der Waals surface area contributed by atoms with E-state index in [1.165, 1.54) is 18.5 Å². The van der Waals surface area contributed by atoms with Crippen LogP contribution in [0.4, 0.5) is 15.9 Å². The third kappa shape index (κ3) is 4.17. The molecule has 0 aliphatic rings. The molecule has 2 aromatic carbocycles. The summed E-state index contributed by atoms with van der Waals surface area (Å²) in [7, 11) is 0. The molecule has 0 saturated heterocycles. The van der Waals surface area contributed by atoms with Crippen LogP contribution in [0.2, 0.25) is 0 Å². The van der Waals surface area contributed by atoms with Crippen LogP contribution in [0.15, 0.2) is 67.0 Å². The van der Waals surface area contributed by atoms with Crippen molar-refractivity contribution in [2.45, 2.75) is 13.0 Å². The number of hydrogen-bond donors (Lipinski definition) is 2. The summed E-state index contributed by atoms with van der Waals surface area (Å²) in [5, 5.41) is 5.73. The summed E-state index contributed by atoms with van der Waals surface area (Å²) in [6.45, 7) is 1.90. The molecular formula is C19H17FN4O. The van der Waals surface area contributed by atoms with Crippen molar-refractivity contribution in [3.63, 3.8) is 0 Å². The summed E-state index contributed by atoms with van der Waals surface area (Å²) in [4.78, 5) is 20.4. The lowest BCUT2D eigenvalue weighted by Crippen LogP contribution is -2.27. The van der Waals surface area contributed by atoms with Gasteiger partial charge in [-0.1, -0.05) is 42.5 Å². The van der Waals surface area contributed by atoms with Gasteiger partial charge in [-0.15, -0.1) is 0 Å². The first-order valence-electron chi connectivity index (χ1n) is 7.83. The second-order valence-corrected chi connectivity index (χ2v) is 5.50. The van der Waals surface area contributed by atoms with E-state index < -0.39 is 5.82 Å². The molecule has 3 aromatic rings. The van der Waals surface area contributed by atoms with E-state index in [2.05, 4.69) is 20.6 Å². The first-order chi connectivity index (χ1) is 12.1. The van der Waals surface area contributed by atoms with Crippen molar-refractivity contribution in [3.8, 4) is 0 Å². The maximum absolute atomic E-state index is 13.7. The molecule has 0 saturated carbocycles. The molecule has 2 N–H and O–H groups in total. The van der Waals surface area contributed by atoms with E-state index >= 15 is 0 Å². The van der Waals surface area contributed by atoms with Gasteiger partial charge in [0.25, 0.3) is 5.91 Å². The maximum atomic E-state index is 13.7. The minimum Gasteiger partial charge on any atom is -0.344 e. The van der Waals surface area contributed by atoms with Gasteiger partial charge < -0.3 is 10.6 Å². The van der Waals surface area contributed by atoms with Crippen molar-refractivity contribution in [2.75, 3.05) is 5.32 Å².